The summed E-state index contributed by atoms with van der Waals surface area (Å²) in [6.45, 7) is 6.09. The van der Waals surface area contributed by atoms with Crippen LogP contribution < -0.4 is 0 Å². The minimum atomic E-state index is 1.21. The molecule has 0 spiro atoms. The molecular weight excluding hydrogens is 156 g/mol. The van der Waals surface area contributed by atoms with Crippen LogP contribution in [0.25, 0.3) is 5.57 Å². The zero-order valence-electron chi connectivity index (χ0n) is 8.01. The Hall–Kier alpha value is -1.30. The molecule has 0 nitrogen and oxygen atoms in total. The van der Waals surface area contributed by atoms with Gasteiger partial charge in [0.15, 0.2) is 0 Å². The van der Waals surface area contributed by atoms with Gasteiger partial charge in [0.25, 0.3) is 0 Å². The molecule has 0 unspecified atom stereocenters. The Morgan fingerprint density at radius 2 is 1.85 bits per heavy atom. The smallest absolute Gasteiger partial charge is 0.0222 e. The van der Waals surface area contributed by atoms with E-state index in [-0.39, 0.29) is 0 Å². The predicted molar refractivity (Wildman–Crippen MR) is 57.4 cm³/mol. The van der Waals surface area contributed by atoms with Gasteiger partial charge in [-0.25, -0.2) is 0 Å². The van der Waals surface area contributed by atoms with Crippen molar-refractivity contribution in [1.82, 2.24) is 0 Å². The van der Waals surface area contributed by atoms with E-state index in [1.165, 1.54) is 35.1 Å². The maximum Gasteiger partial charge on any atom is -0.0222 e. The Labute approximate surface area is 79.6 Å². The number of hydrogen-bond acceptors (Lipinski definition) is 0. The van der Waals surface area contributed by atoms with Crippen molar-refractivity contribution >= 4 is 5.57 Å². The average molecular weight is 170 g/mol. The number of hydrogen-bond donors (Lipinski definition) is 0. The fourth-order valence-corrected chi connectivity index (χ4v) is 1.80. The second kappa shape index (κ2) is 3.21. The lowest BCUT2D eigenvalue weighted by Gasteiger charge is -2.24. The molecule has 13 heavy (non-hydrogen) atoms. The van der Waals surface area contributed by atoms with Gasteiger partial charge >= 0.3 is 0 Å². The Morgan fingerprint density at radius 1 is 1.15 bits per heavy atom. The van der Waals surface area contributed by atoms with Gasteiger partial charge in [-0.2, -0.15) is 0 Å². The lowest BCUT2D eigenvalue weighted by Crippen LogP contribution is -2.03. The third kappa shape index (κ3) is 1.44. The van der Waals surface area contributed by atoms with Crippen LogP contribution >= 0.6 is 0 Å². The SMILES string of the molecule is C=C(C)C1=C(c2ccccc2)CC1. The first-order valence-electron chi connectivity index (χ1n) is 4.72. The molecule has 0 aliphatic heterocycles. The van der Waals surface area contributed by atoms with Crippen molar-refractivity contribution in [1.29, 1.82) is 0 Å². The topological polar surface area (TPSA) is 0 Å². The summed E-state index contributed by atoms with van der Waals surface area (Å²) in [5.74, 6) is 0. The molecule has 0 atom stereocenters. The summed E-state index contributed by atoms with van der Waals surface area (Å²) in [5, 5.41) is 0. The van der Waals surface area contributed by atoms with Crippen molar-refractivity contribution in [2.75, 3.05) is 0 Å². The van der Waals surface area contributed by atoms with E-state index in [0.29, 0.717) is 0 Å². The van der Waals surface area contributed by atoms with E-state index in [1.54, 1.807) is 0 Å². The van der Waals surface area contributed by atoms with Crippen LogP contribution in [0.3, 0.4) is 0 Å². The lowest BCUT2D eigenvalue weighted by atomic mass is 9.81. The Kier molecular flexibility index (Phi) is 2.05. The molecule has 1 aromatic rings. The third-order valence-corrected chi connectivity index (χ3v) is 2.63. The van der Waals surface area contributed by atoms with E-state index < -0.39 is 0 Å². The van der Waals surface area contributed by atoms with Crippen molar-refractivity contribution in [3.05, 3.63) is 53.6 Å². The molecule has 0 heteroatoms. The van der Waals surface area contributed by atoms with E-state index in [0.717, 1.165) is 0 Å². The number of rotatable bonds is 2. The highest BCUT2D eigenvalue weighted by molar-refractivity contribution is 5.77. The summed E-state index contributed by atoms with van der Waals surface area (Å²) in [5.41, 5.74) is 5.55. The predicted octanol–water partition coefficient (Wildman–Crippen LogP) is 3.81. The molecule has 0 N–H and O–H groups in total. The van der Waals surface area contributed by atoms with Crippen LogP contribution in [0.2, 0.25) is 0 Å². The summed E-state index contributed by atoms with van der Waals surface area (Å²) >= 11 is 0. The van der Waals surface area contributed by atoms with Gasteiger partial charge in [-0.3, -0.25) is 0 Å². The highest BCUT2D eigenvalue weighted by atomic mass is 14.2. The second-order valence-electron chi connectivity index (χ2n) is 3.60. The van der Waals surface area contributed by atoms with E-state index in [9.17, 15) is 0 Å². The fraction of sp³-hybridized carbons (Fsp3) is 0.231. The van der Waals surface area contributed by atoms with E-state index in [2.05, 4.69) is 43.8 Å². The van der Waals surface area contributed by atoms with Gasteiger partial charge in [0.1, 0.15) is 0 Å². The molecule has 0 saturated heterocycles. The standard InChI is InChI=1S/C13H14/c1-10(2)12-8-9-13(12)11-6-4-3-5-7-11/h3-7H,1,8-9H2,2H3. The van der Waals surface area contributed by atoms with Crippen molar-refractivity contribution in [2.45, 2.75) is 19.8 Å². The Morgan fingerprint density at radius 3 is 2.31 bits per heavy atom. The summed E-state index contributed by atoms with van der Waals surface area (Å²) in [7, 11) is 0. The quantitative estimate of drug-likeness (QED) is 0.633. The maximum absolute atomic E-state index is 4.00. The van der Waals surface area contributed by atoms with Crippen LogP contribution in [-0.2, 0) is 0 Å². The monoisotopic (exact) mass is 170 g/mol. The van der Waals surface area contributed by atoms with Gasteiger partial charge in [-0.1, -0.05) is 42.5 Å². The molecular formula is C13H14. The molecule has 0 radical (unpaired) electrons. The van der Waals surface area contributed by atoms with E-state index >= 15 is 0 Å². The zero-order valence-corrected chi connectivity index (χ0v) is 8.01. The molecule has 66 valence electrons. The number of allylic oxidation sites excluding steroid dienone is 3. The minimum Gasteiger partial charge on any atom is -0.0958 e. The van der Waals surface area contributed by atoms with Gasteiger partial charge in [0.05, 0.1) is 0 Å². The van der Waals surface area contributed by atoms with Crippen LogP contribution in [0, 0.1) is 0 Å². The average Bonchev–Trinajstić information content (AvgIpc) is 2.02. The maximum atomic E-state index is 4.00. The third-order valence-electron chi connectivity index (χ3n) is 2.63. The second-order valence-corrected chi connectivity index (χ2v) is 3.60. The summed E-state index contributed by atoms with van der Waals surface area (Å²) in [6, 6.07) is 10.6. The van der Waals surface area contributed by atoms with Crippen LogP contribution in [0.1, 0.15) is 25.3 Å². The molecule has 1 aliphatic rings. The largest absolute Gasteiger partial charge is 0.0958 e. The first kappa shape index (κ1) is 8.31. The lowest BCUT2D eigenvalue weighted by molar-refractivity contribution is 0.913. The number of benzene rings is 1. The van der Waals surface area contributed by atoms with Crippen molar-refractivity contribution in [3.8, 4) is 0 Å². The highest BCUT2D eigenvalue weighted by Gasteiger charge is 2.18. The van der Waals surface area contributed by atoms with Gasteiger partial charge in [-0.05, 0) is 36.5 Å². The van der Waals surface area contributed by atoms with Gasteiger partial charge in [0, 0.05) is 0 Å². The Bertz CT molecular complexity index is 355. The van der Waals surface area contributed by atoms with Crippen LogP contribution in [0.5, 0.6) is 0 Å². The molecule has 0 saturated carbocycles. The van der Waals surface area contributed by atoms with Crippen molar-refractivity contribution in [2.24, 2.45) is 0 Å². The van der Waals surface area contributed by atoms with E-state index in [4.69, 9.17) is 0 Å². The summed E-state index contributed by atoms with van der Waals surface area (Å²) in [4.78, 5) is 0. The van der Waals surface area contributed by atoms with Crippen LogP contribution in [0.4, 0.5) is 0 Å². The molecule has 0 heterocycles. The van der Waals surface area contributed by atoms with Crippen LogP contribution in [-0.4, -0.2) is 0 Å². The molecule has 0 aromatic heterocycles. The fourth-order valence-electron chi connectivity index (χ4n) is 1.80. The van der Waals surface area contributed by atoms with E-state index in [1.807, 2.05) is 0 Å². The van der Waals surface area contributed by atoms with Crippen molar-refractivity contribution in [3.63, 3.8) is 0 Å². The summed E-state index contributed by atoms with van der Waals surface area (Å²) < 4.78 is 0. The van der Waals surface area contributed by atoms with Crippen LogP contribution in [0.15, 0.2) is 48.1 Å². The molecule has 1 aliphatic carbocycles. The molecule has 0 fully saturated rings. The van der Waals surface area contributed by atoms with Gasteiger partial charge in [-0.15, -0.1) is 0 Å². The summed E-state index contributed by atoms with van der Waals surface area (Å²) in [6.07, 6.45) is 2.42. The van der Waals surface area contributed by atoms with Crippen molar-refractivity contribution < 1.29 is 0 Å². The zero-order chi connectivity index (χ0) is 9.26. The molecule has 2 rings (SSSR count). The van der Waals surface area contributed by atoms with Gasteiger partial charge in [0.2, 0.25) is 0 Å². The molecule has 0 bridgehead atoms. The molecule has 0 amide bonds. The first-order chi connectivity index (χ1) is 6.29. The highest BCUT2D eigenvalue weighted by Crippen LogP contribution is 2.39. The minimum absolute atomic E-state index is 1.21. The first-order valence-corrected chi connectivity index (χ1v) is 4.72. The molecule has 1 aromatic carbocycles. The Balaban J connectivity index is 2.39. The normalized spacial score (nSPS) is 15.5. The van der Waals surface area contributed by atoms with Gasteiger partial charge < -0.3 is 0 Å².